The molecule has 0 bridgehead atoms. The van der Waals surface area contributed by atoms with Crippen LogP contribution in [-0.2, 0) is 9.47 Å². The summed E-state index contributed by atoms with van der Waals surface area (Å²) in [5.74, 6) is 0.403. The predicted octanol–water partition coefficient (Wildman–Crippen LogP) is 1.24. The quantitative estimate of drug-likeness (QED) is 0.606. The van der Waals surface area contributed by atoms with Gasteiger partial charge in [0.15, 0.2) is 0 Å². The van der Waals surface area contributed by atoms with Crippen molar-refractivity contribution in [3.63, 3.8) is 0 Å². The van der Waals surface area contributed by atoms with Gasteiger partial charge in [0.25, 0.3) is 6.43 Å². The van der Waals surface area contributed by atoms with Crippen LogP contribution in [0.3, 0.4) is 0 Å². The van der Waals surface area contributed by atoms with Crippen LogP contribution in [0.15, 0.2) is 0 Å². The number of rotatable bonds is 7. The minimum absolute atomic E-state index is 0.103. The maximum atomic E-state index is 12.1. The van der Waals surface area contributed by atoms with Crippen LogP contribution in [0, 0.1) is 5.92 Å². The predicted molar refractivity (Wildman–Crippen MR) is 53.2 cm³/mol. The van der Waals surface area contributed by atoms with Crippen LogP contribution in [0.25, 0.3) is 0 Å². The van der Waals surface area contributed by atoms with Crippen LogP contribution >= 0.6 is 0 Å². The van der Waals surface area contributed by atoms with E-state index in [0.717, 1.165) is 19.5 Å². The smallest absolute Gasteiger partial charge is 0.251 e. The highest BCUT2D eigenvalue weighted by Gasteiger charge is 2.24. The highest BCUT2D eigenvalue weighted by atomic mass is 19.3. The molecule has 0 aromatic rings. The van der Waals surface area contributed by atoms with Crippen LogP contribution in [0.1, 0.15) is 6.42 Å². The average Bonchev–Trinajstić information content (AvgIpc) is 2.59. The third-order valence-electron chi connectivity index (χ3n) is 2.55. The van der Waals surface area contributed by atoms with E-state index in [-0.39, 0.29) is 6.54 Å². The van der Waals surface area contributed by atoms with Crippen LogP contribution in [-0.4, -0.2) is 57.9 Å². The lowest BCUT2D eigenvalue weighted by Gasteiger charge is -2.15. The molecule has 0 radical (unpaired) electrons. The minimum atomic E-state index is -2.22. The van der Waals surface area contributed by atoms with Gasteiger partial charge in [-0.1, -0.05) is 0 Å². The summed E-state index contributed by atoms with van der Waals surface area (Å²) in [4.78, 5) is 1.80. The number of nitrogens with zero attached hydrogens (tertiary/aromatic N) is 1. The zero-order valence-corrected chi connectivity index (χ0v) is 9.12. The molecule has 1 heterocycles. The standard InChI is InChI=1S/C10H19F2NO2/c1-14-4-5-15-8-9-2-3-13(6-9)7-10(11)12/h9-10H,2-8H2,1H3/t9-/m1/s1. The second-order valence-electron chi connectivity index (χ2n) is 3.87. The first-order valence-electron chi connectivity index (χ1n) is 5.29. The van der Waals surface area contributed by atoms with E-state index in [1.807, 2.05) is 0 Å². The highest BCUT2D eigenvalue weighted by Crippen LogP contribution is 2.17. The number of halogens is 2. The first kappa shape index (κ1) is 12.8. The summed E-state index contributed by atoms with van der Waals surface area (Å²) in [6.07, 6.45) is -1.27. The first-order chi connectivity index (χ1) is 7.22. The van der Waals surface area contributed by atoms with Gasteiger partial charge in [0.1, 0.15) is 0 Å². The summed E-state index contributed by atoms with van der Waals surface area (Å²) >= 11 is 0. The Morgan fingerprint density at radius 1 is 1.40 bits per heavy atom. The summed E-state index contributed by atoms with van der Waals surface area (Å²) in [6.45, 7) is 3.23. The third kappa shape index (κ3) is 5.39. The van der Waals surface area contributed by atoms with Crippen molar-refractivity contribution in [2.45, 2.75) is 12.8 Å². The molecule has 0 unspecified atom stereocenters. The maximum Gasteiger partial charge on any atom is 0.251 e. The Kier molecular flexibility index (Phi) is 6.05. The SMILES string of the molecule is COCCOC[C@@H]1CCN(CC(F)F)C1. The van der Waals surface area contributed by atoms with Gasteiger partial charge in [-0.05, 0) is 18.9 Å². The van der Waals surface area contributed by atoms with E-state index in [1.54, 1.807) is 12.0 Å². The van der Waals surface area contributed by atoms with Gasteiger partial charge < -0.3 is 9.47 Å². The lowest BCUT2D eigenvalue weighted by Crippen LogP contribution is -2.27. The zero-order valence-electron chi connectivity index (χ0n) is 9.12. The second kappa shape index (κ2) is 7.09. The Morgan fingerprint density at radius 2 is 2.20 bits per heavy atom. The maximum absolute atomic E-state index is 12.1. The number of ether oxygens (including phenoxy) is 2. The van der Waals surface area contributed by atoms with Gasteiger partial charge in [-0.15, -0.1) is 0 Å². The Morgan fingerprint density at radius 3 is 2.87 bits per heavy atom. The fourth-order valence-electron chi connectivity index (χ4n) is 1.80. The van der Waals surface area contributed by atoms with Gasteiger partial charge in [-0.3, -0.25) is 4.90 Å². The molecule has 0 aliphatic carbocycles. The minimum Gasteiger partial charge on any atom is -0.382 e. The molecule has 1 atom stereocenters. The number of likely N-dealkylation sites (tertiary alicyclic amines) is 1. The van der Waals surface area contributed by atoms with Gasteiger partial charge in [-0.2, -0.15) is 0 Å². The van der Waals surface area contributed by atoms with E-state index in [1.165, 1.54) is 0 Å². The number of alkyl halides is 2. The molecular weight excluding hydrogens is 204 g/mol. The molecule has 1 aliphatic heterocycles. The molecule has 0 aromatic heterocycles. The van der Waals surface area contributed by atoms with E-state index in [2.05, 4.69) is 0 Å². The van der Waals surface area contributed by atoms with E-state index >= 15 is 0 Å². The molecule has 90 valence electrons. The normalized spacial score (nSPS) is 22.8. The van der Waals surface area contributed by atoms with Crippen LogP contribution in [0.4, 0.5) is 8.78 Å². The number of methoxy groups -OCH3 is 1. The Balaban J connectivity index is 2.03. The van der Waals surface area contributed by atoms with Gasteiger partial charge >= 0.3 is 0 Å². The number of hydrogen-bond donors (Lipinski definition) is 0. The monoisotopic (exact) mass is 223 g/mol. The molecule has 1 rings (SSSR count). The summed E-state index contributed by atoms with van der Waals surface area (Å²) in [6, 6.07) is 0. The van der Waals surface area contributed by atoms with E-state index in [9.17, 15) is 8.78 Å². The van der Waals surface area contributed by atoms with Gasteiger partial charge in [-0.25, -0.2) is 8.78 Å². The largest absolute Gasteiger partial charge is 0.382 e. The van der Waals surface area contributed by atoms with E-state index in [4.69, 9.17) is 9.47 Å². The summed E-state index contributed by atoms with van der Waals surface area (Å²) in [5, 5.41) is 0. The molecule has 5 heteroatoms. The molecule has 0 aromatic carbocycles. The number of hydrogen-bond acceptors (Lipinski definition) is 3. The molecule has 1 aliphatic rings. The van der Waals surface area contributed by atoms with Gasteiger partial charge in [0, 0.05) is 13.7 Å². The lowest BCUT2D eigenvalue weighted by molar-refractivity contribution is 0.0499. The summed E-state index contributed by atoms with van der Waals surface area (Å²) in [7, 11) is 1.63. The molecule has 0 saturated carbocycles. The van der Waals surface area contributed by atoms with Crippen molar-refractivity contribution >= 4 is 0 Å². The van der Waals surface area contributed by atoms with Crippen molar-refractivity contribution in [2.24, 2.45) is 5.92 Å². The van der Waals surface area contributed by atoms with Crippen molar-refractivity contribution in [1.29, 1.82) is 0 Å². The van der Waals surface area contributed by atoms with Crippen molar-refractivity contribution in [3.05, 3.63) is 0 Å². The Labute approximate surface area is 89.3 Å². The molecule has 15 heavy (non-hydrogen) atoms. The molecule has 1 fully saturated rings. The van der Waals surface area contributed by atoms with Crippen molar-refractivity contribution in [3.8, 4) is 0 Å². The van der Waals surface area contributed by atoms with Crippen molar-refractivity contribution in [2.75, 3.05) is 46.6 Å². The average molecular weight is 223 g/mol. The molecule has 0 N–H and O–H groups in total. The fraction of sp³-hybridized carbons (Fsp3) is 1.00. The Bertz CT molecular complexity index is 170. The fourth-order valence-corrected chi connectivity index (χ4v) is 1.80. The van der Waals surface area contributed by atoms with Crippen LogP contribution < -0.4 is 0 Å². The van der Waals surface area contributed by atoms with Crippen molar-refractivity contribution < 1.29 is 18.3 Å². The van der Waals surface area contributed by atoms with Crippen molar-refractivity contribution in [1.82, 2.24) is 4.90 Å². The first-order valence-corrected chi connectivity index (χ1v) is 5.29. The highest BCUT2D eigenvalue weighted by molar-refractivity contribution is 4.75. The van der Waals surface area contributed by atoms with Crippen LogP contribution in [0.5, 0.6) is 0 Å². The van der Waals surface area contributed by atoms with E-state index < -0.39 is 6.43 Å². The summed E-state index contributed by atoms with van der Waals surface area (Å²) < 4.78 is 34.4. The molecule has 1 saturated heterocycles. The molecule has 0 spiro atoms. The summed E-state index contributed by atoms with van der Waals surface area (Å²) in [5.41, 5.74) is 0. The van der Waals surface area contributed by atoms with Crippen LogP contribution in [0.2, 0.25) is 0 Å². The zero-order chi connectivity index (χ0) is 11.1. The second-order valence-corrected chi connectivity index (χ2v) is 3.87. The Hall–Kier alpha value is -0.260. The molecular formula is C10H19F2NO2. The lowest BCUT2D eigenvalue weighted by atomic mass is 10.1. The topological polar surface area (TPSA) is 21.7 Å². The third-order valence-corrected chi connectivity index (χ3v) is 2.55. The van der Waals surface area contributed by atoms with E-state index in [0.29, 0.717) is 25.7 Å². The van der Waals surface area contributed by atoms with Gasteiger partial charge in [0.2, 0.25) is 0 Å². The molecule has 0 amide bonds. The molecule has 3 nitrogen and oxygen atoms in total. The van der Waals surface area contributed by atoms with Gasteiger partial charge in [0.05, 0.1) is 26.4 Å².